The van der Waals surface area contributed by atoms with Crippen LogP contribution >= 0.6 is 0 Å². The molecule has 0 aromatic carbocycles. The van der Waals surface area contributed by atoms with E-state index in [1.54, 1.807) is 5.06 Å². The second-order valence-corrected chi connectivity index (χ2v) is 9.65. The molecule has 0 atom stereocenters. The van der Waals surface area contributed by atoms with Crippen LogP contribution in [0.5, 0.6) is 0 Å². The summed E-state index contributed by atoms with van der Waals surface area (Å²) < 4.78 is 0. The molecule has 0 saturated carbocycles. The van der Waals surface area contributed by atoms with Gasteiger partial charge in [0.25, 0.3) is 0 Å². The maximum Gasteiger partial charge on any atom is 0.249 e. The predicted molar refractivity (Wildman–Crippen MR) is 96.5 cm³/mol. The van der Waals surface area contributed by atoms with Crippen LogP contribution in [-0.2, 0) is 4.79 Å². The highest BCUT2D eigenvalue weighted by Crippen LogP contribution is 2.40. The Bertz CT molecular complexity index is 546. The standard InChI is InChI=1S/C18H33N3O3/c1-15(2)9-12(10-16(3,4)20(15)23)19-14(22)13-11-17(5,6)21(24)18(13,7)8/h11-12,23-24H,9-10H2,1-8H3,(H,19,22)/p+2. The van der Waals surface area contributed by atoms with Crippen molar-refractivity contribution in [2.75, 3.05) is 0 Å². The smallest absolute Gasteiger partial charge is 0.249 e. The minimum Gasteiger partial charge on any atom is -0.349 e. The van der Waals surface area contributed by atoms with Gasteiger partial charge in [-0.2, -0.15) is 0 Å². The molecule has 0 unspecified atom stereocenters. The number of nitrogens with one attached hydrogen (secondary N) is 1. The molecule has 138 valence electrons. The van der Waals surface area contributed by atoms with Gasteiger partial charge in [-0.25, -0.2) is 0 Å². The van der Waals surface area contributed by atoms with Crippen LogP contribution in [0.15, 0.2) is 11.6 Å². The molecule has 0 aromatic rings. The Labute approximate surface area is 145 Å². The molecule has 2 heterocycles. The lowest BCUT2D eigenvalue weighted by atomic mass is 9.78. The van der Waals surface area contributed by atoms with Crippen LogP contribution in [0.4, 0.5) is 0 Å². The van der Waals surface area contributed by atoms with Crippen molar-refractivity contribution in [2.24, 2.45) is 0 Å². The van der Waals surface area contributed by atoms with Crippen LogP contribution < -0.4 is 5.32 Å². The zero-order valence-corrected chi connectivity index (χ0v) is 16.4. The van der Waals surface area contributed by atoms with Gasteiger partial charge in [-0.05, 0) is 74.3 Å². The van der Waals surface area contributed by atoms with Gasteiger partial charge in [-0.1, -0.05) is 10.1 Å². The summed E-state index contributed by atoms with van der Waals surface area (Å²) in [5.74, 6) is -0.0853. The van der Waals surface area contributed by atoms with E-state index in [2.05, 4.69) is 5.32 Å². The molecule has 2 aliphatic rings. The van der Waals surface area contributed by atoms with Crippen molar-refractivity contribution < 1.29 is 15.2 Å². The highest BCUT2D eigenvalue weighted by atomic mass is 16.5. The molecular formula is C18H35N3O3+2. The average molecular weight is 341 g/mol. The predicted octanol–water partition coefficient (Wildman–Crippen LogP) is 1.20. The SMILES string of the molecule is CC1(C)C=C(C(=O)NC2CC(C)(C)N([OH2+])C(C)(C)C2)C(C)(C)N1[OH2+]. The number of nitrogens with zero attached hydrogens (tertiary/aromatic N) is 2. The number of hydroxylamine groups is 4. The van der Waals surface area contributed by atoms with Gasteiger partial charge in [-0.3, -0.25) is 4.79 Å². The molecule has 2 aliphatic heterocycles. The van der Waals surface area contributed by atoms with E-state index in [0.29, 0.717) is 5.57 Å². The third-order valence-corrected chi connectivity index (χ3v) is 5.57. The summed E-state index contributed by atoms with van der Waals surface area (Å²) in [6, 6.07) is 0.0312. The fourth-order valence-electron chi connectivity index (χ4n) is 4.42. The minimum atomic E-state index is -0.616. The fourth-order valence-corrected chi connectivity index (χ4v) is 4.42. The normalized spacial score (nSPS) is 29.3. The van der Waals surface area contributed by atoms with Crippen molar-refractivity contribution in [3.63, 3.8) is 0 Å². The van der Waals surface area contributed by atoms with Crippen molar-refractivity contribution in [1.82, 2.24) is 15.4 Å². The summed E-state index contributed by atoms with van der Waals surface area (Å²) in [5, 5.41) is 23.0. The van der Waals surface area contributed by atoms with E-state index in [0.717, 1.165) is 12.8 Å². The van der Waals surface area contributed by atoms with Crippen LogP contribution in [0.1, 0.15) is 68.2 Å². The van der Waals surface area contributed by atoms with Gasteiger partial charge in [0.15, 0.2) is 0 Å². The Balaban J connectivity index is 2.19. The van der Waals surface area contributed by atoms with Crippen LogP contribution in [-0.4, -0.2) is 54.6 Å². The monoisotopic (exact) mass is 341 g/mol. The number of hydrogen-bond donors (Lipinski definition) is 1. The highest BCUT2D eigenvalue weighted by molar-refractivity contribution is 5.96. The number of rotatable bonds is 2. The maximum absolute atomic E-state index is 12.9. The number of amides is 1. The van der Waals surface area contributed by atoms with E-state index in [1.165, 1.54) is 5.06 Å². The van der Waals surface area contributed by atoms with Crippen LogP contribution in [0.25, 0.3) is 0 Å². The summed E-state index contributed by atoms with van der Waals surface area (Å²) in [4.78, 5) is 12.9. The van der Waals surface area contributed by atoms with Gasteiger partial charge in [-0.15, -0.1) is 0 Å². The first-order valence-corrected chi connectivity index (χ1v) is 8.69. The van der Waals surface area contributed by atoms with Crippen molar-refractivity contribution >= 4 is 5.91 Å². The van der Waals surface area contributed by atoms with Gasteiger partial charge in [0, 0.05) is 11.6 Å². The van der Waals surface area contributed by atoms with Crippen LogP contribution in [0, 0.1) is 0 Å². The summed E-state index contributed by atoms with van der Waals surface area (Å²) >= 11 is 0. The lowest BCUT2D eigenvalue weighted by Gasteiger charge is -2.48. The fraction of sp³-hybridized carbons (Fsp3) is 0.833. The van der Waals surface area contributed by atoms with Crippen LogP contribution in [0.2, 0.25) is 0 Å². The summed E-state index contributed by atoms with van der Waals surface area (Å²) in [7, 11) is 0. The van der Waals surface area contributed by atoms with E-state index in [9.17, 15) is 4.79 Å². The molecule has 5 N–H and O–H groups in total. The van der Waals surface area contributed by atoms with E-state index in [1.807, 2.05) is 61.5 Å². The van der Waals surface area contributed by atoms with E-state index in [-0.39, 0.29) is 23.0 Å². The highest BCUT2D eigenvalue weighted by Gasteiger charge is 2.53. The first-order chi connectivity index (χ1) is 10.6. The lowest BCUT2D eigenvalue weighted by molar-refractivity contribution is -0.246. The third-order valence-electron chi connectivity index (χ3n) is 5.57. The molecule has 0 spiro atoms. The second kappa shape index (κ2) is 5.53. The van der Waals surface area contributed by atoms with E-state index < -0.39 is 11.1 Å². The topological polar surface area (TPSA) is 81.4 Å². The average Bonchev–Trinajstić information content (AvgIpc) is 2.55. The quantitative estimate of drug-likeness (QED) is 0.766. The molecule has 0 bridgehead atoms. The Morgan fingerprint density at radius 2 is 1.46 bits per heavy atom. The van der Waals surface area contributed by atoms with Gasteiger partial charge in [0.2, 0.25) is 5.91 Å². The molecule has 1 amide bonds. The van der Waals surface area contributed by atoms with Gasteiger partial charge >= 0.3 is 0 Å². The summed E-state index contributed by atoms with van der Waals surface area (Å²) in [5.41, 5.74) is -1.00. The Morgan fingerprint density at radius 3 is 1.83 bits per heavy atom. The molecule has 1 fully saturated rings. The zero-order chi connectivity index (χ0) is 18.7. The molecule has 2 rings (SSSR count). The van der Waals surface area contributed by atoms with Gasteiger partial charge in [0.1, 0.15) is 11.1 Å². The molecule has 6 heteroatoms. The van der Waals surface area contributed by atoms with Crippen molar-refractivity contribution in [2.45, 2.75) is 96.4 Å². The molecule has 0 aliphatic carbocycles. The summed E-state index contributed by atoms with van der Waals surface area (Å²) in [6.45, 7) is 15.9. The van der Waals surface area contributed by atoms with Crippen molar-refractivity contribution in [3.05, 3.63) is 11.6 Å². The third kappa shape index (κ3) is 3.12. The lowest BCUT2D eigenvalue weighted by Crippen LogP contribution is -2.63. The number of hydrogen-bond acceptors (Lipinski definition) is 3. The maximum atomic E-state index is 12.9. The molecule has 0 radical (unpaired) electrons. The van der Waals surface area contributed by atoms with Crippen molar-refractivity contribution in [3.8, 4) is 0 Å². The zero-order valence-electron chi connectivity index (χ0n) is 16.4. The van der Waals surface area contributed by atoms with Gasteiger partial charge in [0.05, 0.1) is 11.1 Å². The summed E-state index contributed by atoms with van der Waals surface area (Å²) in [6.07, 6.45) is 3.39. The number of carbonyl (C=O) groups is 1. The first kappa shape index (κ1) is 19.4. The van der Waals surface area contributed by atoms with E-state index >= 15 is 0 Å². The first-order valence-electron chi connectivity index (χ1n) is 8.69. The Kier molecular flexibility index (Phi) is 4.46. The Morgan fingerprint density at radius 1 is 1.00 bits per heavy atom. The molecular weight excluding hydrogens is 306 g/mol. The second-order valence-electron chi connectivity index (χ2n) is 9.65. The molecule has 24 heavy (non-hydrogen) atoms. The molecule has 0 aromatic heterocycles. The minimum absolute atomic E-state index is 0.0312. The largest absolute Gasteiger partial charge is 0.349 e. The number of carbonyl (C=O) groups excluding carboxylic acids is 1. The number of piperidine rings is 1. The van der Waals surface area contributed by atoms with Crippen molar-refractivity contribution in [1.29, 1.82) is 0 Å². The van der Waals surface area contributed by atoms with Crippen LogP contribution in [0.3, 0.4) is 0 Å². The van der Waals surface area contributed by atoms with E-state index in [4.69, 9.17) is 10.4 Å². The Hall–Kier alpha value is -0.950. The van der Waals surface area contributed by atoms with Gasteiger partial charge < -0.3 is 15.7 Å². The molecule has 6 nitrogen and oxygen atoms in total. The molecule has 1 saturated heterocycles.